The number of hydrogen-bond donors (Lipinski definition) is 0. The van der Waals surface area contributed by atoms with Gasteiger partial charge in [0.25, 0.3) is 0 Å². The molecule has 0 aromatic carbocycles. The van der Waals surface area contributed by atoms with Gasteiger partial charge in [0, 0.05) is 16.5 Å². The van der Waals surface area contributed by atoms with E-state index in [9.17, 15) is 0 Å². The maximum atomic E-state index is 0. The van der Waals surface area contributed by atoms with Gasteiger partial charge in [-0.1, -0.05) is 0 Å². The van der Waals surface area contributed by atoms with Gasteiger partial charge in [0.05, 0.1) is 0 Å². The second kappa shape index (κ2) is 17.0. The zero-order valence-corrected chi connectivity index (χ0v) is 8.80. The van der Waals surface area contributed by atoms with Gasteiger partial charge in [-0.25, -0.2) is 0 Å². The van der Waals surface area contributed by atoms with Crippen LogP contribution in [0.3, 0.4) is 0 Å². The molecule has 0 aliphatic carbocycles. The zero-order chi connectivity index (χ0) is 0. The molecule has 0 aromatic rings. The van der Waals surface area contributed by atoms with E-state index in [0.717, 1.165) is 0 Å². The first-order valence-electron chi connectivity index (χ1n) is 0. The standard InChI is InChI=1S/2Na.Ni.H2S.2H/h;;;1H2;;/q2*+1;;;2*-1. The van der Waals surface area contributed by atoms with E-state index in [1.54, 1.807) is 0 Å². The monoisotopic (exact) mass is 140 g/mol. The van der Waals surface area contributed by atoms with Crippen molar-refractivity contribution in [2.45, 2.75) is 0 Å². The first kappa shape index (κ1) is 28.9. The van der Waals surface area contributed by atoms with Gasteiger partial charge in [-0.3, -0.25) is 0 Å². The smallest absolute Gasteiger partial charge is 1.00 e. The molecule has 0 aromatic heterocycles. The first-order chi connectivity index (χ1) is 0. The Labute approximate surface area is 90.4 Å². The van der Waals surface area contributed by atoms with Crippen LogP contribution < -0.4 is 59.1 Å². The third-order valence-corrected chi connectivity index (χ3v) is 0. The average molecular weight is 141 g/mol. The van der Waals surface area contributed by atoms with Gasteiger partial charge < -0.3 is 2.85 Å². The molecule has 0 saturated carbocycles. The van der Waals surface area contributed by atoms with Crippen LogP contribution in [0.15, 0.2) is 0 Å². The van der Waals surface area contributed by atoms with Crippen molar-refractivity contribution in [2.24, 2.45) is 0 Å². The fourth-order valence-electron chi connectivity index (χ4n) is 0. The van der Waals surface area contributed by atoms with Gasteiger partial charge in [0.2, 0.25) is 0 Å². The van der Waals surface area contributed by atoms with Crippen molar-refractivity contribution in [3.8, 4) is 0 Å². The summed E-state index contributed by atoms with van der Waals surface area (Å²) < 4.78 is 0. The largest absolute Gasteiger partial charge is 1.00 e. The fraction of sp³-hybridized carbons (Fsp3) is 0. The quantitative estimate of drug-likeness (QED) is 0.295. The van der Waals surface area contributed by atoms with E-state index >= 15 is 0 Å². The first-order valence-corrected chi connectivity index (χ1v) is 0. The molecule has 22 valence electrons. The van der Waals surface area contributed by atoms with Crippen molar-refractivity contribution in [1.29, 1.82) is 0 Å². The van der Waals surface area contributed by atoms with Crippen LogP contribution in [0, 0.1) is 0 Å². The minimum Gasteiger partial charge on any atom is -1.00 e. The molecule has 0 N–H and O–H groups in total. The second-order valence-electron chi connectivity index (χ2n) is 0. The summed E-state index contributed by atoms with van der Waals surface area (Å²) in [7, 11) is 0. The van der Waals surface area contributed by atoms with Crippen LogP contribution in [0.5, 0.6) is 0 Å². The summed E-state index contributed by atoms with van der Waals surface area (Å²) in [5.74, 6) is 0. The SMILES string of the molecule is S.[H-].[H-].[Na+].[Na+].[Ni]. The number of rotatable bonds is 0. The molecule has 0 amide bonds. The predicted molar refractivity (Wildman–Crippen MR) is 12.6 cm³/mol. The average Bonchev–Trinajstić information content (AvgIpc) is 0. The third kappa shape index (κ3) is 8.85. The van der Waals surface area contributed by atoms with Crippen molar-refractivity contribution >= 4 is 13.5 Å². The van der Waals surface area contributed by atoms with Crippen LogP contribution in [0.2, 0.25) is 0 Å². The summed E-state index contributed by atoms with van der Waals surface area (Å²) >= 11 is 0. The molecule has 0 aliphatic heterocycles. The zero-order valence-electron chi connectivity index (χ0n) is 4.82. The maximum Gasteiger partial charge on any atom is 1.00 e. The Balaban J connectivity index is 0. The molecule has 0 aliphatic rings. The number of hydrogen-bond acceptors (Lipinski definition) is 0. The molecule has 0 radical (unpaired) electrons. The van der Waals surface area contributed by atoms with Crippen molar-refractivity contribution < 1.29 is 78.5 Å². The second-order valence-corrected chi connectivity index (χ2v) is 0. The molecule has 0 unspecified atom stereocenters. The molecule has 0 atom stereocenters. The van der Waals surface area contributed by atoms with Gasteiger partial charge in [-0.15, -0.1) is 0 Å². The van der Waals surface area contributed by atoms with Crippen molar-refractivity contribution in [1.82, 2.24) is 0 Å². The molecule has 0 fully saturated rings. The Morgan fingerprint density at radius 2 is 1.00 bits per heavy atom. The molecule has 0 bridgehead atoms. The Kier molecular flexibility index (Phi) is 123. The van der Waals surface area contributed by atoms with Crippen molar-refractivity contribution in [3.05, 3.63) is 0 Å². The molecule has 0 rings (SSSR count). The Morgan fingerprint density at radius 1 is 1.00 bits per heavy atom. The van der Waals surface area contributed by atoms with Crippen LogP contribution in [-0.4, -0.2) is 0 Å². The predicted octanol–water partition coefficient (Wildman–Crippen LogP) is -5.66. The van der Waals surface area contributed by atoms with Crippen LogP contribution in [0.4, 0.5) is 0 Å². The van der Waals surface area contributed by atoms with Crippen LogP contribution >= 0.6 is 13.5 Å². The van der Waals surface area contributed by atoms with E-state index in [0.29, 0.717) is 0 Å². The molecule has 0 nitrogen and oxygen atoms in total. The summed E-state index contributed by atoms with van der Waals surface area (Å²) in [6.45, 7) is 0. The van der Waals surface area contributed by atoms with E-state index in [2.05, 4.69) is 0 Å². The minimum absolute atomic E-state index is 0. The molecule has 0 heterocycles. The van der Waals surface area contributed by atoms with E-state index in [1.807, 2.05) is 0 Å². The van der Waals surface area contributed by atoms with Gasteiger partial charge >= 0.3 is 59.1 Å². The molecule has 4 heavy (non-hydrogen) atoms. The van der Waals surface area contributed by atoms with Gasteiger partial charge in [0.1, 0.15) is 0 Å². The minimum atomic E-state index is 0. The summed E-state index contributed by atoms with van der Waals surface area (Å²) in [4.78, 5) is 0. The molecule has 4 heteroatoms. The summed E-state index contributed by atoms with van der Waals surface area (Å²) in [6.07, 6.45) is 0. The van der Waals surface area contributed by atoms with E-state index < -0.39 is 0 Å². The molecular weight excluding hydrogens is 137 g/mol. The van der Waals surface area contributed by atoms with Crippen LogP contribution in [-0.2, 0) is 16.5 Å². The fourth-order valence-corrected chi connectivity index (χ4v) is 0. The van der Waals surface area contributed by atoms with E-state index in [1.165, 1.54) is 0 Å². The molecular formula is H4Na2NiS. The van der Waals surface area contributed by atoms with Gasteiger partial charge in [0.15, 0.2) is 0 Å². The van der Waals surface area contributed by atoms with Crippen molar-refractivity contribution in [2.75, 3.05) is 0 Å². The third-order valence-electron chi connectivity index (χ3n) is 0. The summed E-state index contributed by atoms with van der Waals surface area (Å²) in [5.41, 5.74) is 0. The Bertz CT molecular complexity index is 11.5. The van der Waals surface area contributed by atoms with E-state index in [4.69, 9.17) is 0 Å². The van der Waals surface area contributed by atoms with Crippen LogP contribution in [0.1, 0.15) is 2.85 Å². The molecule has 0 spiro atoms. The van der Waals surface area contributed by atoms with Crippen LogP contribution in [0.25, 0.3) is 0 Å². The van der Waals surface area contributed by atoms with E-state index in [-0.39, 0.29) is 92.0 Å². The maximum absolute atomic E-state index is 0. The summed E-state index contributed by atoms with van der Waals surface area (Å²) in [5, 5.41) is 0. The Hall–Kier alpha value is 2.84. The van der Waals surface area contributed by atoms with Gasteiger partial charge in [-0.05, 0) is 0 Å². The Morgan fingerprint density at radius 3 is 1.00 bits per heavy atom. The van der Waals surface area contributed by atoms with Gasteiger partial charge in [-0.2, -0.15) is 13.5 Å². The summed E-state index contributed by atoms with van der Waals surface area (Å²) in [6, 6.07) is 0. The molecule has 0 saturated heterocycles. The van der Waals surface area contributed by atoms with Crippen molar-refractivity contribution in [3.63, 3.8) is 0 Å². The topological polar surface area (TPSA) is 0 Å². The normalized spacial score (nSPS) is 0.